The highest BCUT2D eigenvalue weighted by Crippen LogP contribution is 2.26. The van der Waals surface area contributed by atoms with E-state index >= 15 is 0 Å². The molecule has 172 valence electrons. The Morgan fingerprint density at radius 2 is 1.81 bits per heavy atom. The number of halogens is 2. The molecular formula is C23H26Cl2N2O5. The number of nitrogens with one attached hydrogen (secondary N) is 2. The van der Waals surface area contributed by atoms with E-state index in [-0.39, 0.29) is 5.91 Å². The molecule has 1 amide bonds. The fraction of sp³-hybridized carbons (Fsp3) is 0.391. The Labute approximate surface area is 197 Å². The van der Waals surface area contributed by atoms with E-state index in [4.69, 9.17) is 37.4 Å². The molecule has 0 aliphatic carbocycles. The first-order valence-electron chi connectivity index (χ1n) is 10.4. The molecule has 1 aliphatic heterocycles. The molecule has 0 aromatic heterocycles. The quantitative estimate of drug-likeness (QED) is 0.322. The molecule has 1 fully saturated rings. The summed E-state index contributed by atoms with van der Waals surface area (Å²) in [5.41, 5.74) is -0.418. The first-order valence-corrected chi connectivity index (χ1v) is 11.1. The second-order valence-corrected chi connectivity index (χ2v) is 8.25. The predicted molar refractivity (Wildman–Crippen MR) is 122 cm³/mol. The van der Waals surface area contributed by atoms with Crippen LogP contribution in [-0.2, 0) is 14.3 Å². The summed E-state index contributed by atoms with van der Waals surface area (Å²) < 4.78 is 16.5. The molecule has 0 bridgehead atoms. The summed E-state index contributed by atoms with van der Waals surface area (Å²) in [6, 6.07) is 13.7. The van der Waals surface area contributed by atoms with Gasteiger partial charge in [0.15, 0.2) is 6.23 Å². The number of carbonyl (C=O) groups excluding carboxylic acids is 2. The van der Waals surface area contributed by atoms with Gasteiger partial charge in [-0.15, -0.1) is 0 Å². The van der Waals surface area contributed by atoms with Crippen LogP contribution in [-0.4, -0.2) is 50.0 Å². The van der Waals surface area contributed by atoms with Gasteiger partial charge in [0.25, 0.3) is 0 Å². The second-order valence-electron chi connectivity index (χ2n) is 7.43. The molecule has 1 atom stereocenters. The van der Waals surface area contributed by atoms with E-state index in [2.05, 4.69) is 10.6 Å². The molecule has 2 aromatic rings. The minimum atomic E-state index is -0.841. The molecule has 1 heterocycles. The molecule has 0 radical (unpaired) electrons. The van der Waals surface area contributed by atoms with E-state index in [0.717, 1.165) is 0 Å². The van der Waals surface area contributed by atoms with Crippen LogP contribution in [0.5, 0.6) is 5.75 Å². The summed E-state index contributed by atoms with van der Waals surface area (Å²) >= 11 is 11.9. The molecule has 2 N–H and O–H groups in total. The van der Waals surface area contributed by atoms with Crippen LogP contribution in [0.25, 0.3) is 0 Å². The van der Waals surface area contributed by atoms with Gasteiger partial charge in [0.2, 0.25) is 5.91 Å². The molecule has 1 aliphatic rings. The Bertz CT molecular complexity index is 920. The van der Waals surface area contributed by atoms with Crippen molar-refractivity contribution in [2.75, 3.05) is 26.4 Å². The predicted octanol–water partition coefficient (Wildman–Crippen LogP) is 3.83. The standard InChI is InChI=1S/C23H26Cl2N2O5/c1-16(32-21(28)17-5-3-2-4-6-17)27-22(29)23(9-12-30-13-10-23)26-11-14-31-18-7-8-19(24)20(25)15-18/h2-8,15-16,26H,9-14H2,1H3,(H,27,29). The van der Waals surface area contributed by atoms with Crippen molar-refractivity contribution in [3.05, 3.63) is 64.1 Å². The number of ether oxygens (including phenoxy) is 3. The molecular weight excluding hydrogens is 455 g/mol. The smallest absolute Gasteiger partial charge is 0.340 e. The third-order valence-electron chi connectivity index (χ3n) is 5.13. The Balaban J connectivity index is 1.53. The second kappa shape index (κ2) is 11.5. The van der Waals surface area contributed by atoms with Crippen LogP contribution in [0, 0.1) is 0 Å². The minimum Gasteiger partial charge on any atom is -0.492 e. The third kappa shape index (κ3) is 6.59. The third-order valence-corrected chi connectivity index (χ3v) is 5.87. The highest BCUT2D eigenvalue weighted by molar-refractivity contribution is 6.42. The van der Waals surface area contributed by atoms with Gasteiger partial charge < -0.3 is 19.5 Å². The number of hydrogen-bond donors (Lipinski definition) is 2. The van der Waals surface area contributed by atoms with Crippen molar-refractivity contribution in [1.82, 2.24) is 10.6 Å². The van der Waals surface area contributed by atoms with Gasteiger partial charge in [-0.1, -0.05) is 41.4 Å². The van der Waals surface area contributed by atoms with E-state index in [1.54, 1.807) is 49.4 Å². The molecule has 32 heavy (non-hydrogen) atoms. The lowest BCUT2D eigenvalue weighted by atomic mass is 9.88. The maximum absolute atomic E-state index is 13.1. The topological polar surface area (TPSA) is 85.9 Å². The van der Waals surface area contributed by atoms with Gasteiger partial charge in [-0.2, -0.15) is 0 Å². The molecule has 0 saturated carbocycles. The van der Waals surface area contributed by atoms with Crippen LogP contribution in [0.15, 0.2) is 48.5 Å². The van der Waals surface area contributed by atoms with Crippen LogP contribution < -0.4 is 15.4 Å². The summed E-state index contributed by atoms with van der Waals surface area (Å²) in [4.78, 5) is 25.3. The van der Waals surface area contributed by atoms with Crippen molar-refractivity contribution in [2.24, 2.45) is 0 Å². The number of rotatable bonds is 9. The van der Waals surface area contributed by atoms with Crippen LogP contribution in [0.3, 0.4) is 0 Å². The largest absolute Gasteiger partial charge is 0.492 e. The maximum atomic E-state index is 13.1. The van der Waals surface area contributed by atoms with Crippen LogP contribution in [0.4, 0.5) is 0 Å². The normalized spacial score (nSPS) is 16.1. The number of carbonyl (C=O) groups is 2. The lowest BCUT2D eigenvalue weighted by Gasteiger charge is -2.37. The summed E-state index contributed by atoms with van der Waals surface area (Å²) in [6.07, 6.45) is 0.194. The SMILES string of the molecule is CC(NC(=O)C1(NCCOc2ccc(Cl)c(Cl)c2)CCOCC1)OC(=O)c1ccccc1. The number of esters is 1. The molecule has 7 nitrogen and oxygen atoms in total. The minimum absolute atomic E-state index is 0.247. The zero-order valence-corrected chi connectivity index (χ0v) is 19.2. The first-order chi connectivity index (χ1) is 15.4. The zero-order chi connectivity index (χ0) is 23.0. The number of hydrogen-bond acceptors (Lipinski definition) is 6. The maximum Gasteiger partial charge on any atom is 0.340 e. The van der Waals surface area contributed by atoms with Gasteiger partial charge in [-0.3, -0.25) is 10.1 Å². The van der Waals surface area contributed by atoms with E-state index in [1.807, 2.05) is 6.07 Å². The lowest BCUT2D eigenvalue weighted by molar-refractivity contribution is -0.134. The van der Waals surface area contributed by atoms with Crippen molar-refractivity contribution in [3.8, 4) is 5.75 Å². The zero-order valence-electron chi connectivity index (χ0n) is 17.7. The van der Waals surface area contributed by atoms with Crippen molar-refractivity contribution >= 4 is 35.1 Å². The molecule has 3 rings (SSSR count). The summed E-state index contributed by atoms with van der Waals surface area (Å²) in [5.74, 6) is -0.153. The van der Waals surface area contributed by atoms with E-state index in [0.29, 0.717) is 60.6 Å². The average Bonchev–Trinajstić information content (AvgIpc) is 2.80. The Kier molecular flexibility index (Phi) is 8.75. The molecule has 1 unspecified atom stereocenters. The average molecular weight is 481 g/mol. The van der Waals surface area contributed by atoms with Gasteiger partial charge >= 0.3 is 5.97 Å². The summed E-state index contributed by atoms with van der Waals surface area (Å²) in [5, 5.41) is 6.96. The van der Waals surface area contributed by atoms with Gasteiger partial charge in [0.1, 0.15) is 17.9 Å². The number of benzene rings is 2. The lowest BCUT2D eigenvalue weighted by Crippen LogP contribution is -2.61. The fourth-order valence-electron chi connectivity index (χ4n) is 3.38. The van der Waals surface area contributed by atoms with Crippen LogP contribution in [0.2, 0.25) is 10.0 Å². The molecule has 9 heteroatoms. The fourth-order valence-corrected chi connectivity index (χ4v) is 3.67. The van der Waals surface area contributed by atoms with E-state index < -0.39 is 17.7 Å². The molecule has 0 spiro atoms. The van der Waals surface area contributed by atoms with Crippen molar-refractivity contribution < 1.29 is 23.8 Å². The Hall–Kier alpha value is -2.32. The van der Waals surface area contributed by atoms with E-state index in [1.165, 1.54) is 0 Å². The van der Waals surface area contributed by atoms with Crippen molar-refractivity contribution in [1.29, 1.82) is 0 Å². The highest BCUT2D eigenvalue weighted by Gasteiger charge is 2.40. The van der Waals surface area contributed by atoms with Gasteiger partial charge in [0.05, 0.1) is 15.6 Å². The Morgan fingerprint density at radius 1 is 1.09 bits per heavy atom. The molecule has 2 aromatic carbocycles. The summed E-state index contributed by atoms with van der Waals surface area (Å²) in [7, 11) is 0. The highest BCUT2D eigenvalue weighted by atomic mass is 35.5. The van der Waals surface area contributed by atoms with Gasteiger partial charge in [-0.05, 0) is 44.0 Å². The monoisotopic (exact) mass is 480 g/mol. The van der Waals surface area contributed by atoms with Gasteiger partial charge in [-0.25, -0.2) is 4.79 Å². The summed E-state index contributed by atoms with van der Waals surface area (Å²) in [6.45, 7) is 3.27. The van der Waals surface area contributed by atoms with Crippen molar-refractivity contribution in [3.63, 3.8) is 0 Å². The van der Waals surface area contributed by atoms with E-state index in [9.17, 15) is 9.59 Å². The number of amides is 1. The van der Waals surface area contributed by atoms with Crippen LogP contribution in [0.1, 0.15) is 30.1 Å². The first kappa shape index (κ1) is 24.3. The Morgan fingerprint density at radius 3 is 2.50 bits per heavy atom. The van der Waals surface area contributed by atoms with Crippen molar-refractivity contribution in [2.45, 2.75) is 31.5 Å². The van der Waals surface area contributed by atoms with Crippen LogP contribution >= 0.6 is 23.2 Å². The van der Waals surface area contributed by atoms with Gasteiger partial charge in [0, 0.05) is 25.8 Å². The molecule has 1 saturated heterocycles.